The number of rotatable bonds is 5. The first kappa shape index (κ1) is 14.4. The largest absolute Gasteiger partial charge is 0.497 e. The number of allylic oxidation sites excluding steroid dienone is 1. The molecule has 0 saturated carbocycles. The zero-order valence-electron chi connectivity index (χ0n) is 11.5. The number of thioether (sulfide) groups is 1. The lowest BCUT2D eigenvalue weighted by Gasteiger charge is -2.00. The van der Waals surface area contributed by atoms with E-state index in [2.05, 4.69) is 0 Å². The molecule has 0 unspecified atom stereocenters. The summed E-state index contributed by atoms with van der Waals surface area (Å²) < 4.78 is 5.09. The van der Waals surface area contributed by atoms with E-state index in [1.165, 1.54) is 0 Å². The normalized spacial score (nSPS) is 10.7. The Hall–Kier alpha value is -2.00. The fourth-order valence-corrected chi connectivity index (χ4v) is 2.15. The van der Waals surface area contributed by atoms with Crippen molar-refractivity contribution in [3.05, 3.63) is 65.7 Å². The third-order valence-electron chi connectivity index (χ3n) is 2.92. The van der Waals surface area contributed by atoms with Crippen molar-refractivity contribution in [2.45, 2.75) is 4.90 Å². The van der Waals surface area contributed by atoms with Crippen LogP contribution in [0.2, 0.25) is 0 Å². The van der Waals surface area contributed by atoms with E-state index < -0.39 is 0 Å². The van der Waals surface area contributed by atoms with Crippen molar-refractivity contribution in [1.82, 2.24) is 0 Å². The van der Waals surface area contributed by atoms with Gasteiger partial charge in [0.1, 0.15) is 5.75 Å². The fourth-order valence-electron chi connectivity index (χ4n) is 1.74. The lowest BCUT2D eigenvalue weighted by Crippen LogP contribution is -1.93. The van der Waals surface area contributed by atoms with Gasteiger partial charge in [0.25, 0.3) is 0 Å². The minimum Gasteiger partial charge on any atom is -0.497 e. The lowest BCUT2D eigenvalue weighted by atomic mass is 10.1. The molecule has 3 heteroatoms. The van der Waals surface area contributed by atoms with Crippen LogP contribution in [0.25, 0.3) is 6.08 Å². The Labute approximate surface area is 123 Å². The molecule has 0 heterocycles. The van der Waals surface area contributed by atoms with Crippen molar-refractivity contribution in [2.75, 3.05) is 13.4 Å². The third-order valence-corrected chi connectivity index (χ3v) is 3.66. The second kappa shape index (κ2) is 6.96. The Morgan fingerprint density at radius 3 is 2.25 bits per heavy atom. The molecule has 0 bridgehead atoms. The molecule has 20 heavy (non-hydrogen) atoms. The van der Waals surface area contributed by atoms with E-state index in [-0.39, 0.29) is 5.78 Å². The molecule has 102 valence electrons. The maximum atomic E-state index is 12.0. The molecule has 2 rings (SSSR count). The number of ketones is 1. The van der Waals surface area contributed by atoms with Crippen molar-refractivity contribution < 1.29 is 9.53 Å². The van der Waals surface area contributed by atoms with Crippen LogP contribution in [0.5, 0.6) is 5.75 Å². The average molecular weight is 284 g/mol. The van der Waals surface area contributed by atoms with Crippen LogP contribution in [-0.2, 0) is 0 Å². The number of benzene rings is 2. The smallest absolute Gasteiger partial charge is 0.185 e. The van der Waals surface area contributed by atoms with Crippen molar-refractivity contribution in [2.24, 2.45) is 0 Å². The average Bonchev–Trinajstić information content (AvgIpc) is 2.53. The van der Waals surface area contributed by atoms with Gasteiger partial charge in [-0.15, -0.1) is 11.8 Å². The van der Waals surface area contributed by atoms with E-state index in [0.717, 1.165) is 16.2 Å². The van der Waals surface area contributed by atoms with Crippen LogP contribution >= 0.6 is 11.8 Å². The van der Waals surface area contributed by atoms with Crippen LogP contribution < -0.4 is 4.74 Å². The summed E-state index contributed by atoms with van der Waals surface area (Å²) >= 11 is 1.66. The third kappa shape index (κ3) is 3.75. The summed E-state index contributed by atoms with van der Waals surface area (Å²) in [5.41, 5.74) is 1.67. The SMILES string of the molecule is COc1ccc(/C=C/C(=O)c2ccc(SC)cc2)cc1. The highest BCUT2D eigenvalue weighted by atomic mass is 32.2. The predicted octanol–water partition coefficient (Wildman–Crippen LogP) is 4.31. The summed E-state index contributed by atoms with van der Waals surface area (Å²) in [5, 5.41) is 0. The maximum absolute atomic E-state index is 12.0. The van der Waals surface area contributed by atoms with Crippen LogP contribution in [0.4, 0.5) is 0 Å². The van der Waals surface area contributed by atoms with Gasteiger partial charge >= 0.3 is 0 Å². The standard InChI is InChI=1S/C17H16O2S/c1-19-15-8-3-13(4-9-15)5-12-17(18)14-6-10-16(20-2)11-7-14/h3-12H,1-2H3/b12-5+. The van der Waals surface area contributed by atoms with Gasteiger partial charge in [0, 0.05) is 10.5 Å². The highest BCUT2D eigenvalue weighted by Crippen LogP contribution is 2.16. The van der Waals surface area contributed by atoms with Gasteiger partial charge in [0.2, 0.25) is 0 Å². The van der Waals surface area contributed by atoms with E-state index in [1.807, 2.05) is 60.9 Å². The number of methoxy groups -OCH3 is 1. The van der Waals surface area contributed by atoms with Gasteiger partial charge in [0.15, 0.2) is 5.78 Å². The zero-order valence-corrected chi connectivity index (χ0v) is 12.3. The summed E-state index contributed by atoms with van der Waals surface area (Å²) in [6, 6.07) is 15.2. The van der Waals surface area contributed by atoms with Gasteiger partial charge in [-0.3, -0.25) is 4.79 Å². The molecule has 0 N–H and O–H groups in total. The first-order valence-corrected chi connectivity index (χ1v) is 7.46. The predicted molar refractivity (Wildman–Crippen MR) is 84.6 cm³/mol. The van der Waals surface area contributed by atoms with Gasteiger partial charge in [-0.1, -0.05) is 18.2 Å². The molecular weight excluding hydrogens is 268 g/mol. The number of ether oxygens (including phenoxy) is 1. The van der Waals surface area contributed by atoms with Crippen LogP contribution in [-0.4, -0.2) is 19.1 Å². The first-order valence-electron chi connectivity index (χ1n) is 6.23. The molecule has 0 spiro atoms. The highest BCUT2D eigenvalue weighted by Gasteiger charge is 2.01. The summed E-state index contributed by atoms with van der Waals surface area (Å²) in [5.74, 6) is 0.814. The number of carbonyl (C=O) groups excluding carboxylic acids is 1. The van der Waals surface area contributed by atoms with Gasteiger partial charge in [0.05, 0.1) is 7.11 Å². The Kier molecular flexibility index (Phi) is 5.02. The second-order valence-corrected chi connectivity index (χ2v) is 5.08. The van der Waals surface area contributed by atoms with E-state index in [4.69, 9.17) is 4.74 Å². The molecule has 0 saturated heterocycles. The summed E-state index contributed by atoms with van der Waals surface area (Å²) in [7, 11) is 1.63. The van der Waals surface area contributed by atoms with Gasteiger partial charge in [-0.2, -0.15) is 0 Å². The Morgan fingerprint density at radius 1 is 1.05 bits per heavy atom. The molecule has 0 aromatic heterocycles. The molecule has 0 amide bonds. The monoisotopic (exact) mass is 284 g/mol. The minimum atomic E-state index is 0.00784. The van der Waals surface area contributed by atoms with Crippen molar-refractivity contribution in [3.8, 4) is 5.75 Å². The van der Waals surface area contributed by atoms with Crippen molar-refractivity contribution >= 4 is 23.6 Å². The highest BCUT2D eigenvalue weighted by molar-refractivity contribution is 7.98. The topological polar surface area (TPSA) is 26.3 Å². The molecule has 2 aromatic carbocycles. The number of hydrogen-bond acceptors (Lipinski definition) is 3. The van der Waals surface area contributed by atoms with Gasteiger partial charge in [-0.05, 0) is 54.3 Å². The van der Waals surface area contributed by atoms with Crippen molar-refractivity contribution in [1.29, 1.82) is 0 Å². The van der Waals surface area contributed by atoms with Crippen LogP contribution in [0.15, 0.2) is 59.5 Å². The quantitative estimate of drug-likeness (QED) is 0.465. The Bertz CT molecular complexity index is 598. The van der Waals surface area contributed by atoms with E-state index in [9.17, 15) is 4.79 Å². The molecule has 2 nitrogen and oxygen atoms in total. The molecule has 0 aliphatic carbocycles. The number of carbonyl (C=O) groups is 1. The van der Waals surface area contributed by atoms with E-state index in [1.54, 1.807) is 24.9 Å². The maximum Gasteiger partial charge on any atom is 0.185 e. The fraction of sp³-hybridized carbons (Fsp3) is 0.118. The molecule has 0 aliphatic rings. The van der Waals surface area contributed by atoms with Crippen LogP contribution in [0, 0.1) is 0 Å². The Morgan fingerprint density at radius 2 is 1.70 bits per heavy atom. The Balaban J connectivity index is 2.07. The van der Waals surface area contributed by atoms with Crippen LogP contribution in [0.1, 0.15) is 15.9 Å². The van der Waals surface area contributed by atoms with Gasteiger partial charge < -0.3 is 4.74 Å². The molecule has 2 aromatic rings. The molecular formula is C17H16O2S. The molecule has 0 aliphatic heterocycles. The zero-order chi connectivity index (χ0) is 14.4. The van der Waals surface area contributed by atoms with E-state index in [0.29, 0.717) is 5.56 Å². The summed E-state index contributed by atoms with van der Waals surface area (Å²) in [6.07, 6.45) is 5.42. The summed E-state index contributed by atoms with van der Waals surface area (Å²) in [4.78, 5) is 13.2. The van der Waals surface area contributed by atoms with Crippen molar-refractivity contribution in [3.63, 3.8) is 0 Å². The summed E-state index contributed by atoms with van der Waals surface area (Å²) in [6.45, 7) is 0. The van der Waals surface area contributed by atoms with Crippen LogP contribution in [0.3, 0.4) is 0 Å². The molecule has 0 atom stereocenters. The van der Waals surface area contributed by atoms with Gasteiger partial charge in [-0.25, -0.2) is 0 Å². The first-order chi connectivity index (χ1) is 9.72. The molecule has 0 fully saturated rings. The number of hydrogen-bond donors (Lipinski definition) is 0. The molecule has 0 radical (unpaired) electrons. The second-order valence-electron chi connectivity index (χ2n) is 4.20. The van der Waals surface area contributed by atoms with E-state index >= 15 is 0 Å². The lowest BCUT2D eigenvalue weighted by molar-refractivity contribution is 0.104. The minimum absolute atomic E-state index is 0.00784.